The Balaban J connectivity index is 2.14. The lowest BCUT2D eigenvalue weighted by Gasteiger charge is -2.25. The van der Waals surface area contributed by atoms with Crippen molar-refractivity contribution in [2.45, 2.75) is 18.8 Å². The first-order chi connectivity index (χ1) is 10.5. The Kier molecular flexibility index (Phi) is 3.94. The molecule has 0 spiro atoms. The van der Waals surface area contributed by atoms with Gasteiger partial charge in [0.15, 0.2) is 11.5 Å². The van der Waals surface area contributed by atoms with Crippen molar-refractivity contribution >= 4 is 37.8 Å². The zero-order valence-electron chi connectivity index (χ0n) is 12.2. The van der Waals surface area contributed by atoms with E-state index in [4.69, 9.17) is 11.5 Å². The quantitative estimate of drug-likeness (QED) is 0.215. The van der Waals surface area contributed by atoms with E-state index in [9.17, 15) is 9.90 Å². The Morgan fingerprint density at radius 2 is 2.09 bits per heavy atom. The number of phenolic OH excluding ortho intramolecular Hbond substituents is 1. The van der Waals surface area contributed by atoms with Gasteiger partial charge in [-0.25, -0.2) is 0 Å². The zero-order valence-corrected chi connectivity index (χ0v) is 13.4. The molecule has 2 atom stereocenters. The van der Waals surface area contributed by atoms with E-state index in [0.29, 0.717) is 36.3 Å². The summed E-state index contributed by atoms with van der Waals surface area (Å²) in [6.45, 7) is 1.22. The van der Waals surface area contributed by atoms with Gasteiger partial charge in [-0.2, -0.15) is 0 Å². The van der Waals surface area contributed by atoms with E-state index in [1.165, 1.54) is 0 Å². The number of phenols is 1. The molecule has 0 radical (unpaired) electrons. The van der Waals surface area contributed by atoms with Crippen LogP contribution < -0.4 is 22.1 Å². The fourth-order valence-corrected chi connectivity index (χ4v) is 3.47. The molecule has 3 rings (SSSR count). The second-order valence-corrected chi connectivity index (χ2v) is 6.28. The summed E-state index contributed by atoms with van der Waals surface area (Å²) < 4.78 is 0. The number of nitrogens with one attached hydrogen (secondary N) is 1. The molecule has 2 aliphatic rings. The van der Waals surface area contributed by atoms with E-state index >= 15 is 0 Å². The lowest BCUT2D eigenvalue weighted by atomic mass is 9.84. The van der Waals surface area contributed by atoms with Gasteiger partial charge in [0.2, 0.25) is 0 Å². The molecule has 22 heavy (non-hydrogen) atoms. The number of rotatable bonds is 2. The molecular formula is C16H20N3O2P. The monoisotopic (exact) mass is 317 g/mol. The van der Waals surface area contributed by atoms with Crippen molar-refractivity contribution < 1.29 is 9.90 Å². The topological polar surface area (TPSA) is 101 Å². The van der Waals surface area contributed by atoms with Gasteiger partial charge in [0.25, 0.3) is 0 Å². The normalized spacial score (nSPS) is 22.9. The first-order valence-corrected chi connectivity index (χ1v) is 7.88. The van der Waals surface area contributed by atoms with Crippen LogP contribution >= 0.6 is 9.24 Å². The van der Waals surface area contributed by atoms with Crippen molar-refractivity contribution in [1.82, 2.24) is 5.32 Å². The van der Waals surface area contributed by atoms with Gasteiger partial charge in [-0.15, -0.1) is 9.24 Å². The van der Waals surface area contributed by atoms with E-state index < -0.39 is 0 Å². The smallest absolute Gasteiger partial charge is 0.162 e. The second-order valence-electron chi connectivity index (χ2n) is 5.71. The average Bonchev–Trinajstić information content (AvgIpc) is 2.46. The van der Waals surface area contributed by atoms with Crippen LogP contribution in [0.1, 0.15) is 29.9 Å². The molecule has 1 aliphatic heterocycles. The van der Waals surface area contributed by atoms with Gasteiger partial charge in [-0.05, 0) is 23.4 Å². The molecular weight excluding hydrogens is 297 g/mol. The minimum atomic E-state index is -0.0930. The average molecular weight is 317 g/mol. The Hall–Kier alpha value is -1.84. The van der Waals surface area contributed by atoms with Crippen molar-refractivity contribution in [3.8, 4) is 5.75 Å². The molecule has 2 unspecified atom stereocenters. The number of ketones is 1. The highest BCUT2D eigenvalue weighted by atomic mass is 31.0. The summed E-state index contributed by atoms with van der Waals surface area (Å²) in [7, 11) is 2.66. The van der Waals surface area contributed by atoms with Crippen LogP contribution in [0.2, 0.25) is 0 Å². The van der Waals surface area contributed by atoms with Gasteiger partial charge in [0.05, 0.1) is 11.4 Å². The molecule has 0 aromatic heterocycles. The number of carbonyl (C=O) groups excluding carboxylic acids is 1. The molecule has 1 aliphatic carbocycles. The lowest BCUT2D eigenvalue weighted by molar-refractivity contribution is -0.116. The molecule has 0 bridgehead atoms. The van der Waals surface area contributed by atoms with Crippen molar-refractivity contribution in [2.75, 3.05) is 24.6 Å². The fraction of sp³-hybridized carbons (Fsp3) is 0.312. The SMILES string of the molecule is Nc1c(O)c(N)c(C2C=CC2)c(P)c1/C=C1\CNCCC1=O. The van der Waals surface area contributed by atoms with Crippen molar-refractivity contribution in [1.29, 1.82) is 0 Å². The van der Waals surface area contributed by atoms with Crippen LogP contribution in [0.15, 0.2) is 17.7 Å². The van der Waals surface area contributed by atoms with Gasteiger partial charge in [-0.3, -0.25) is 4.79 Å². The zero-order chi connectivity index (χ0) is 15.9. The number of carbonyl (C=O) groups is 1. The highest BCUT2D eigenvalue weighted by Crippen LogP contribution is 2.42. The van der Waals surface area contributed by atoms with Crippen LogP contribution in [0.5, 0.6) is 5.75 Å². The Morgan fingerprint density at radius 3 is 2.68 bits per heavy atom. The maximum Gasteiger partial charge on any atom is 0.162 e. The number of anilines is 2. The maximum absolute atomic E-state index is 12.0. The number of piperidine rings is 1. The predicted octanol–water partition coefficient (Wildman–Crippen LogP) is 1.05. The standard InChI is InChI=1S/C16H20N3O2P/c17-13-10(6-9-7-19-5-4-11(9)20)16(22)12(8-2-1-3-8)14(18)15(13)21/h1-2,6,8,19,21H,3-5,7,17-18,22H2/b9-6+. The van der Waals surface area contributed by atoms with Crippen LogP contribution in [0.4, 0.5) is 11.4 Å². The number of hydrogen-bond acceptors (Lipinski definition) is 5. The summed E-state index contributed by atoms with van der Waals surface area (Å²) in [4.78, 5) is 12.0. The molecule has 0 amide bonds. The largest absolute Gasteiger partial charge is 0.504 e. The van der Waals surface area contributed by atoms with Gasteiger partial charge in [0.1, 0.15) is 0 Å². The summed E-state index contributed by atoms with van der Waals surface area (Å²) >= 11 is 0. The molecule has 1 fully saturated rings. The number of benzene rings is 1. The molecule has 1 saturated heterocycles. The number of aromatic hydroxyl groups is 1. The number of nitrogen functional groups attached to an aromatic ring is 2. The molecule has 5 nitrogen and oxygen atoms in total. The van der Waals surface area contributed by atoms with Gasteiger partial charge >= 0.3 is 0 Å². The highest BCUT2D eigenvalue weighted by Gasteiger charge is 2.25. The molecule has 1 aromatic rings. The van der Waals surface area contributed by atoms with Crippen LogP contribution in [-0.4, -0.2) is 24.0 Å². The lowest BCUT2D eigenvalue weighted by Crippen LogP contribution is -2.30. The Morgan fingerprint density at radius 1 is 1.36 bits per heavy atom. The summed E-state index contributed by atoms with van der Waals surface area (Å²) in [6.07, 6.45) is 7.27. The first kappa shape index (κ1) is 15.1. The van der Waals surface area contributed by atoms with Crippen molar-refractivity contribution in [3.63, 3.8) is 0 Å². The number of hydrogen-bond donors (Lipinski definition) is 4. The molecule has 0 saturated carbocycles. The molecule has 1 aromatic carbocycles. The maximum atomic E-state index is 12.0. The summed E-state index contributed by atoms with van der Waals surface area (Å²) in [6, 6.07) is 0. The van der Waals surface area contributed by atoms with E-state index in [-0.39, 0.29) is 23.1 Å². The van der Waals surface area contributed by atoms with Crippen LogP contribution in [0, 0.1) is 0 Å². The van der Waals surface area contributed by atoms with Crippen molar-refractivity contribution in [3.05, 3.63) is 28.9 Å². The van der Waals surface area contributed by atoms with E-state index in [1.807, 2.05) is 0 Å². The molecule has 6 heteroatoms. The number of nitrogens with two attached hydrogens (primary N) is 2. The van der Waals surface area contributed by atoms with Gasteiger partial charge in [0, 0.05) is 36.6 Å². The van der Waals surface area contributed by atoms with E-state index in [2.05, 4.69) is 26.7 Å². The third-order valence-corrected chi connectivity index (χ3v) is 4.94. The fourth-order valence-electron chi connectivity index (χ4n) is 2.87. The first-order valence-electron chi connectivity index (χ1n) is 7.31. The molecule has 116 valence electrons. The van der Waals surface area contributed by atoms with Gasteiger partial charge < -0.3 is 21.9 Å². The van der Waals surface area contributed by atoms with Crippen LogP contribution in [-0.2, 0) is 4.79 Å². The van der Waals surface area contributed by atoms with E-state index in [0.717, 1.165) is 17.3 Å². The molecule has 1 heterocycles. The summed E-state index contributed by atoms with van der Waals surface area (Å²) in [5.74, 6) is 0.213. The Bertz CT molecular complexity index is 710. The molecule has 6 N–H and O–H groups in total. The second kappa shape index (κ2) is 5.75. The Labute approximate surface area is 131 Å². The van der Waals surface area contributed by atoms with E-state index in [1.54, 1.807) is 6.08 Å². The van der Waals surface area contributed by atoms with Crippen LogP contribution in [0.3, 0.4) is 0 Å². The summed E-state index contributed by atoms with van der Waals surface area (Å²) in [5, 5.41) is 14.3. The minimum absolute atomic E-state index is 0.0930. The van der Waals surface area contributed by atoms with Gasteiger partial charge in [-0.1, -0.05) is 12.2 Å². The highest BCUT2D eigenvalue weighted by molar-refractivity contribution is 7.28. The number of Topliss-reactive ketones (excluding diaryl/α,β-unsaturated/α-hetero) is 1. The summed E-state index contributed by atoms with van der Waals surface area (Å²) in [5.41, 5.74) is 14.9. The predicted molar refractivity (Wildman–Crippen MR) is 93.2 cm³/mol. The number of allylic oxidation sites excluding steroid dienone is 2. The van der Waals surface area contributed by atoms with Crippen LogP contribution in [0.25, 0.3) is 6.08 Å². The minimum Gasteiger partial charge on any atom is -0.504 e. The third kappa shape index (κ3) is 2.40. The van der Waals surface area contributed by atoms with Crippen molar-refractivity contribution in [2.24, 2.45) is 0 Å². The third-order valence-electron chi connectivity index (χ3n) is 4.32.